The van der Waals surface area contributed by atoms with Gasteiger partial charge in [0.2, 0.25) is 0 Å². The van der Waals surface area contributed by atoms with E-state index in [0.29, 0.717) is 28.0 Å². The Morgan fingerprint density at radius 1 is 1.00 bits per heavy atom. The fraction of sp³-hybridized carbons (Fsp3) is 0.105. The summed E-state index contributed by atoms with van der Waals surface area (Å²) in [6, 6.07) is 13.8. The maximum atomic E-state index is 12.6. The lowest BCUT2D eigenvalue weighted by Crippen LogP contribution is -2.15. The maximum absolute atomic E-state index is 12.6. The average Bonchev–Trinajstić information content (AvgIpc) is 2.70. The van der Waals surface area contributed by atoms with Crippen LogP contribution in [0.15, 0.2) is 54.9 Å². The fourth-order valence-electron chi connectivity index (χ4n) is 2.33. The van der Waals surface area contributed by atoms with E-state index in [0.717, 1.165) is 5.69 Å². The molecule has 2 aromatic carbocycles. The van der Waals surface area contributed by atoms with Crippen LogP contribution in [0.25, 0.3) is 0 Å². The fourth-order valence-corrected chi connectivity index (χ4v) is 2.46. The summed E-state index contributed by atoms with van der Waals surface area (Å²) >= 11 is 5.88. The van der Waals surface area contributed by atoms with E-state index in [2.05, 4.69) is 20.6 Å². The van der Waals surface area contributed by atoms with Gasteiger partial charge in [0.1, 0.15) is 29.3 Å². The number of carbonyl (C=O) groups is 1. The summed E-state index contributed by atoms with van der Waals surface area (Å²) in [4.78, 5) is 20.7. The van der Waals surface area contributed by atoms with E-state index in [1.807, 2.05) is 12.1 Å². The van der Waals surface area contributed by atoms with Crippen LogP contribution in [-0.4, -0.2) is 30.1 Å². The molecule has 0 unspecified atom stereocenters. The number of halogens is 1. The highest BCUT2D eigenvalue weighted by Gasteiger charge is 2.13. The first-order valence-corrected chi connectivity index (χ1v) is 8.35. The molecule has 0 spiro atoms. The predicted octanol–water partition coefficient (Wildman–Crippen LogP) is 4.14. The topological polar surface area (TPSA) is 85.4 Å². The van der Waals surface area contributed by atoms with Crippen LogP contribution in [0.1, 0.15) is 10.5 Å². The summed E-state index contributed by atoms with van der Waals surface area (Å²) in [5, 5.41) is 6.50. The minimum Gasteiger partial charge on any atom is -0.497 e. The Bertz CT molecular complexity index is 948. The van der Waals surface area contributed by atoms with Crippen molar-refractivity contribution in [1.29, 1.82) is 0 Å². The maximum Gasteiger partial charge on any atom is 0.274 e. The van der Waals surface area contributed by atoms with Gasteiger partial charge in [-0.25, -0.2) is 9.97 Å². The molecule has 3 aromatic rings. The van der Waals surface area contributed by atoms with Crippen LogP contribution in [0.3, 0.4) is 0 Å². The first kappa shape index (κ1) is 18.5. The molecule has 1 heterocycles. The molecule has 0 saturated heterocycles. The summed E-state index contributed by atoms with van der Waals surface area (Å²) in [5.74, 6) is 1.19. The number of rotatable bonds is 6. The number of carbonyl (C=O) groups excluding carboxylic acids is 1. The normalized spacial score (nSPS) is 10.2. The molecular formula is C19H17ClN4O3. The Morgan fingerprint density at radius 2 is 1.78 bits per heavy atom. The molecule has 27 heavy (non-hydrogen) atoms. The van der Waals surface area contributed by atoms with Crippen molar-refractivity contribution >= 4 is 34.7 Å². The molecular weight excluding hydrogens is 368 g/mol. The van der Waals surface area contributed by atoms with Gasteiger partial charge in [-0.1, -0.05) is 11.6 Å². The van der Waals surface area contributed by atoms with Crippen LogP contribution in [0.2, 0.25) is 5.02 Å². The highest BCUT2D eigenvalue weighted by atomic mass is 35.5. The molecule has 1 aromatic heterocycles. The molecule has 0 aliphatic carbocycles. The molecule has 0 radical (unpaired) electrons. The third kappa shape index (κ3) is 4.65. The molecule has 3 rings (SSSR count). The summed E-state index contributed by atoms with van der Waals surface area (Å²) in [6.45, 7) is 0. The summed E-state index contributed by atoms with van der Waals surface area (Å²) < 4.78 is 10.5. The Hall–Kier alpha value is -3.32. The van der Waals surface area contributed by atoms with Crippen molar-refractivity contribution in [1.82, 2.24) is 9.97 Å². The molecule has 7 nitrogen and oxygen atoms in total. The van der Waals surface area contributed by atoms with E-state index in [-0.39, 0.29) is 5.69 Å². The Kier molecular flexibility index (Phi) is 5.73. The van der Waals surface area contributed by atoms with Crippen molar-refractivity contribution in [3.63, 3.8) is 0 Å². The molecule has 0 fully saturated rings. The second-order valence-corrected chi connectivity index (χ2v) is 5.88. The molecule has 0 saturated carbocycles. The van der Waals surface area contributed by atoms with Gasteiger partial charge in [0.05, 0.1) is 19.9 Å². The number of benzene rings is 2. The number of hydrogen-bond donors (Lipinski definition) is 2. The highest BCUT2D eigenvalue weighted by Crippen LogP contribution is 2.29. The van der Waals surface area contributed by atoms with Gasteiger partial charge in [0, 0.05) is 22.8 Å². The van der Waals surface area contributed by atoms with Crippen molar-refractivity contribution in [3.8, 4) is 11.5 Å². The standard InChI is InChI=1S/C19H17ClN4O3/c1-26-14-7-8-17(27-2)15(9-14)24-19(25)16-10-18(22-11-21-16)23-13-5-3-12(20)4-6-13/h3-11H,1-2H3,(H,24,25)(H,21,22,23). The second kappa shape index (κ2) is 8.37. The largest absolute Gasteiger partial charge is 0.497 e. The van der Waals surface area contributed by atoms with Gasteiger partial charge in [-0.2, -0.15) is 0 Å². The van der Waals surface area contributed by atoms with Crippen molar-refractivity contribution in [2.75, 3.05) is 24.9 Å². The van der Waals surface area contributed by atoms with Crippen LogP contribution in [0, 0.1) is 0 Å². The minimum atomic E-state index is -0.400. The van der Waals surface area contributed by atoms with E-state index in [1.165, 1.54) is 13.4 Å². The quantitative estimate of drug-likeness (QED) is 0.664. The van der Waals surface area contributed by atoms with E-state index in [1.54, 1.807) is 43.5 Å². The van der Waals surface area contributed by atoms with Gasteiger partial charge in [0.25, 0.3) is 5.91 Å². The number of nitrogens with zero attached hydrogens (tertiary/aromatic N) is 2. The molecule has 0 atom stereocenters. The van der Waals surface area contributed by atoms with E-state index in [4.69, 9.17) is 21.1 Å². The van der Waals surface area contributed by atoms with Gasteiger partial charge >= 0.3 is 0 Å². The smallest absolute Gasteiger partial charge is 0.274 e. The van der Waals surface area contributed by atoms with Crippen molar-refractivity contribution in [2.45, 2.75) is 0 Å². The number of nitrogens with one attached hydrogen (secondary N) is 2. The zero-order valence-corrected chi connectivity index (χ0v) is 15.4. The SMILES string of the molecule is COc1ccc(OC)c(NC(=O)c2cc(Nc3ccc(Cl)cc3)ncn2)c1. The molecule has 0 bridgehead atoms. The zero-order chi connectivity index (χ0) is 19.2. The van der Waals surface area contributed by atoms with Crippen LogP contribution in [-0.2, 0) is 0 Å². The number of aromatic nitrogens is 2. The Morgan fingerprint density at radius 3 is 2.48 bits per heavy atom. The lowest BCUT2D eigenvalue weighted by Gasteiger charge is -2.12. The van der Waals surface area contributed by atoms with Gasteiger partial charge in [0.15, 0.2) is 0 Å². The molecule has 138 valence electrons. The lowest BCUT2D eigenvalue weighted by atomic mass is 10.2. The van der Waals surface area contributed by atoms with E-state index >= 15 is 0 Å². The van der Waals surface area contributed by atoms with Gasteiger partial charge in [-0.3, -0.25) is 4.79 Å². The molecule has 0 aliphatic rings. The molecule has 2 N–H and O–H groups in total. The first-order chi connectivity index (χ1) is 13.1. The van der Waals surface area contributed by atoms with Crippen LogP contribution in [0.5, 0.6) is 11.5 Å². The number of methoxy groups -OCH3 is 2. The van der Waals surface area contributed by atoms with Crippen LogP contribution >= 0.6 is 11.6 Å². The molecule has 8 heteroatoms. The third-order valence-corrected chi connectivity index (χ3v) is 3.92. The Labute approximate surface area is 161 Å². The van der Waals surface area contributed by atoms with Gasteiger partial charge in [-0.05, 0) is 36.4 Å². The van der Waals surface area contributed by atoms with Crippen molar-refractivity contribution < 1.29 is 14.3 Å². The monoisotopic (exact) mass is 384 g/mol. The highest BCUT2D eigenvalue weighted by molar-refractivity contribution is 6.30. The number of hydrogen-bond acceptors (Lipinski definition) is 6. The summed E-state index contributed by atoms with van der Waals surface area (Å²) in [5.41, 5.74) is 1.47. The summed E-state index contributed by atoms with van der Waals surface area (Å²) in [7, 11) is 3.07. The van der Waals surface area contributed by atoms with E-state index < -0.39 is 5.91 Å². The predicted molar refractivity (Wildman–Crippen MR) is 104 cm³/mol. The summed E-state index contributed by atoms with van der Waals surface area (Å²) in [6.07, 6.45) is 1.32. The van der Waals surface area contributed by atoms with Gasteiger partial charge in [-0.15, -0.1) is 0 Å². The number of amides is 1. The van der Waals surface area contributed by atoms with E-state index in [9.17, 15) is 4.79 Å². The lowest BCUT2D eigenvalue weighted by molar-refractivity contribution is 0.102. The van der Waals surface area contributed by atoms with Crippen LogP contribution < -0.4 is 20.1 Å². The van der Waals surface area contributed by atoms with Gasteiger partial charge < -0.3 is 20.1 Å². The molecule has 0 aliphatic heterocycles. The Balaban J connectivity index is 1.78. The third-order valence-electron chi connectivity index (χ3n) is 3.67. The zero-order valence-electron chi connectivity index (χ0n) is 14.7. The molecule has 1 amide bonds. The average molecular weight is 385 g/mol. The number of ether oxygens (including phenoxy) is 2. The van der Waals surface area contributed by atoms with Crippen molar-refractivity contribution in [3.05, 3.63) is 65.6 Å². The van der Waals surface area contributed by atoms with Crippen molar-refractivity contribution in [2.24, 2.45) is 0 Å². The minimum absolute atomic E-state index is 0.200. The second-order valence-electron chi connectivity index (χ2n) is 5.44. The van der Waals surface area contributed by atoms with Crippen LogP contribution in [0.4, 0.5) is 17.2 Å². The first-order valence-electron chi connectivity index (χ1n) is 7.97. The number of anilines is 3.